The molecule has 0 aliphatic heterocycles. The number of rotatable bonds is 13. The van der Waals surface area contributed by atoms with Crippen LogP contribution in [0.15, 0.2) is 0 Å². The van der Waals surface area contributed by atoms with Gasteiger partial charge >= 0.3 is 59.5 Å². The first-order valence-corrected chi connectivity index (χ1v) is 10.3. The molecule has 0 saturated carbocycles. The second kappa shape index (κ2) is 10.1. The van der Waals surface area contributed by atoms with E-state index in [4.69, 9.17) is 0 Å². The number of hydrogen-bond donors (Lipinski definition) is 1. The normalized spacial score (nSPS) is 18.1. The molecule has 0 spiro atoms. The van der Waals surface area contributed by atoms with Gasteiger partial charge in [-0.25, -0.2) is 0 Å². The van der Waals surface area contributed by atoms with Gasteiger partial charge in [0, 0.05) is 21.3 Å². The van der Waals surface area contributed by atoms with Crippen molar-refractivity contribution in [3.05, 3.63) is 0 Å². The number of hydrogen-bond acceptors (Lipinski definition) is 4. The third-order valence-electron chi connectivity index (χ3n) is 5.63. The first-order valence-electron chi connectivity index (χ1n) is 9.28. The molecule has 0 saturated heterocycles. The predicted molar refractivity (Wildman–Crippen MR) is 89.2 cm³/mol. The third kappa shape index (κ3) is 4.55. The Balaban J connectivity index is 7.45. The minimum atomic E-state index is -9.30. The number of aliphatic hydroxyl groups is 1. The van der Waals surface area contributed by atoms with Gasteiger partial charge in [0.05, 0.1) is 10.2 Å². The van der Waals surface area contributed by atoms with Crippen LogP contribution in [-0.2, 0) is 14.2 Å². The van der Waals surface area contributed by atoms with Crippen molar-refractivity contribution in [3.8, 4) is 0 Å². The Hall–Kier alpha value is -1.41. The second-order valence-corrected chi connectivity index (χ2v) is 9.19. The van der Waals surface area contributed by atoms with Crippen LogP contribution in [0.5, 0.6) is 0 Å². The summed E-state index contributed by atoms with van der Waals surface area (Å²) in [4.78, 5) is 0. The summed E-state index contributed by atoms with van der Waals surface area (Å²) in [6, 6.07) is 0. The lowest BCUT2D eigenvalue weighted by atomic mass is 9.84. The van der Waals surface area contributed by atoms with Crippen LogP contribution in [-0.4, -0.2) is 107 Å². The van der Waals surface area contributed by atoms with Gasteiger partial charge in [0.15, 0.2) is 5.41 Å². The zero-order valence-corrected chi connectivity index (χ0v) is 21.6. The van der Waals surface area contributed by atoms with Gasteiger partial charge in [-0.15, -0.1) is 0 Å². The average Bonchev–Trinajstić information content (AvgIpc) is 2.80. The van der Waals surface area contributed by atoms with Gasteiger partial charge in [0.25, 0.3) is 5.79 Å². The smallest absolute Gasteiger partial charge is 0.357 e. The lowest BCUT2D eigenvalue weighted by Gasteiger charge is -2.49. The van der Waals surface area contributed by atoms with Crippen molar-refractivity contribution in [2.45, 2.75) is 70.7 Å². The standard InChI is InChI=1S/C15H13F21O4Si/c1-38-13(37,15(41,39-2)40-3)11(30,31)9(26,27)7(22,23)5(18,19)4(16,17)6(20,21)8(24,25)10(28,29)12(32,33)14(34,35)36/h37H,1-3,41H3. The van der Waals surface area contributed by atoms with Crippen LogP contribution in [0.25, 0.3) is 0 Å². The van der Waals surface area contributed by atoms with Crippen LogP contribution in [0.4, 0.5) is 92.2 Å². The third-order valence-corrected chi connectivity index (χ3v) is 7.12. The molecule has 1 unspecified atom stereocenters. The Morgan fingerprint density at radius 1 is 0.366 bits per heavy atom. The highest BCUT2D eigenvalue weighted by molar-refractivity contribution is 6.14. The van der Waals surface area contributed by atoms with Crippen molar-refractivity contribution in [3.63, 3.8) is 0 Å². The topological polar surface area (TPSA) is 47.9 Å². The number of alkyl halides is 21. The van der Waals surface area contributed by atoms with Crippen molar-refractivity contribution >= 4 is 10.2 Å². The van der Waals surface area contributed by atoms with Gasteiger partial charge in [-0.2, -0.15) is 92.2 Å². The molecule has 4 nitrogen and oxygen atoms in total. The van der Waals surface area contributed by atoms with E-state index in [9.17, 15) is 97.3 Å². The van der Waals surface area contributed by atoms with Crippen LogP contribution < -0.4 is 0 Å². The molecule has 0 amide bonds. The summed E-state index contributed by atoms with van der Waals surface area (Å²) in [6.45, 7) is 0. The molecule has 248 valence electrons. The summed E-state index contributed by atoms with van der Waals surface area (Å²) in [5.41, 5.74) is -3.79. The maximum atomic E-state index is 14.5. The highest BCUT2D eigenvalue weighted by atomic mass is 28.1. The minimum absolute atomic E-state index is 0.162. The molecule has 0 aliphatic carbocycles. The molecule has 41 heavy (non-hydrogen) atoms. The van der Waals surface area contributed by atoms with E-state index in [2.05, 4.69) is 14.2 Å². The van der Waals surface area contributed by atoms with Gasteiger partial charge in [-0.3, -0.25) is 0 Å². The SMILES string of the molecule is COC([SiH3])(OC)C(O)(OC)C(F)(F)C(F)(F)C(F)(F)C(F)(F)C(F)(F)C(F)(F)C(F)(F)C(F)(F)C(F)(F)C(F)(F)F. The second-order valence-electron chi connectivity index (χ2n) is 7.87. The molecule has 0 aromatic rings. The summed E-state index contributed by atoms with van der Waals surface area (Å²) >= 11 is 0. The van der Waals surface area contributed by atoms with Gasteiger partial charge in [0.2, 0.25) is 0 Å². The van der Waals surface area contributed by atoms with Crippen LogP contribution in [0.2, 0.25) is 0 Å². The van der Waals surface area contributed by atoms with Gasteiger partial charge in [0.1, 0.15) is 0 Å². The van der Waals surface area contributed by atoms with Crippen LogP contribution >= 0.6 is 0 Å². The molecular formula is C15H13F21O4Si. The fourth-order valence-electron chi connectivity index (χ4n) is 2.73. The highest BCUT2D eigenvalue weighted by Gasteiger charge is 2.99. The zero-order chi connectivity index (χ0) is 34.1. The van der Waals surface area contributed by atoms with E-state index in [-0.39, 0.29) is 21.3 Å². The van der Waals surface area contributed by atoms with Gasteiger partial charge in [-0.1, -0.05) is 0 Å². The van der Waals surface area contributed by atoms with E-state index in [1.54, 1.807) is 0 Å². The van der Waals surface area contributed by atoms with E-state index in [1.807, 2.05) is 0 Å². The fraction of sp³-hybridized carbons (Fsp3) is 1.00. The molecular weight excluding hydrogens is 671 g/mol. The van der Waals surface area contributed by atoms with Crippen molar-refractivity contribution < 1.29 is 112 Å². The highest BCUT2D eigenvalue weighted by Crippen LogP contribution is 2.67. The molecule has 0 heterocycles. The lowest BCUT2D eigenvalue weighted by molar-refractivity contribution is -0.495. The summed E-state index contributed by atoms with van der Waals surface area (Å²) in [7, 11) is -1.41. The molecule has 1 N–H and O–H groups in total. The Bertz CT molecular complexity index is 944. The monoisotopic (exact) mass is 684 g/mol. The number of ether oxygens (including phenoxy) is 3. The largest absolute Gasteiger partial charge is 0.460 e. The summed E-state index contributed by atoms with van der Waals surface area (Å²) in [5.74, 6) is -84.8. The van der Waals surface area contributed by atoms with Crippen LogP contribution in [0.1, 0.15) is 0 Å². The van der Waals surface area contributed by atoms with E-state index >= 15 is 0 Å². The number of methoxy groups -OCH3 is 3. The lowest BCUT2D eigenvalue weighted by Crippen LogP contribution is -2.80. The molecule has 0 aromatic heterocycles. The van der Waals surface area contributed by atoms with Gasteiger partial charge in [-0.05, 0) is 0 Å². The Morgan fingerprint density at radius 2 is 0.561 bits per heavy atom. The predicted octanol–water partition coefficient (Wildman–Crippen LogP) is 4.91. The molecule has 0 fully saturated rings. The molecule has 1 atom stereocenters. The molecule has 0 aliphatic rings. The van der Waals surface area contributed by atoms with Crippen LogP contribution in [0.3, 0.4) is 0 Å². The maximum Gasteiger partial charge on any atom is 0.460 e. The fourth-order valence-corrected chi connectivity index (χ4v) is 3.25. The van der Waals surface area contributed by atoms with Gasteiger partial charge < -0.3 is 19.3 Å². The van der Waals surface area contributed by atoms with Crippen LogP contribution in [0, 0.1) is 0 Å². The maximum absolute atomic E-state index is 14.5. The quantitative estimate of drug-likeness (QED) is 0.170. The Morgan fingerprint density at radius 3 is 0.732 bits per heavy atom. The van der Waals surface area contributed by atoms with E-state index in [1.165, 1.54) is 0 Å². The van der Waals surface area contributed by atoms with E-state index in [0.29, 0.717) is 0 Å². The van der Waals surface area contributed by atoms with Crippen molar-refractivity contribution in [1.82, 2.24) is 0 Å². The molecule has 0 radical (unpaired) electrons. The van der Waals surface area contributed by atoms with Crippen molar-refractivity contribution in [2.24, 2.45) is 0 Å². The zero-order valence-electron chi connectivity index (χ0n) is 19.6. The minimum Gasteiger partial charge on any atom is -0.357 e. The van der Waals surface area contributed by atoms with Crippen molar-refractivity contribution in [1.29, 1.82) is 0 Å². The molecule has 0 rings (SSSR count). The summed E-state index contributed by atoms with van der Waals surface area (Å²) < 4.78 is 295. The summed E-state index contributed by atoms with van der Waals surface area (Å²) in [5, 5.41) is 9.81. The van der Waals surface area contributed by atoms with E-state index in [0.717, 1.165) is 0 Å². The Labute approximate surface area is 215 Å². The first kappa shape index (κ1) is 39.6. The molecule has 0 aromatic carbocycles. The molecule has 26 heteroatoms. The molecule has 0 bridgehead atoms. The average molecular weight is 684 g/mol. The summed E-state index contributed by atoms with van der Waals surface area (Å²) in [6.07, 6.45) is -8.06. The van der Waals surface area contributed by atoms with Crippen molar-refractivity contribution in [2.75, 3.05) is 21.3 Å². The van der Waals surface area contributed by atoms with E-state index < -0.39 is 80.9 Å². The number of halogens is 21. The Kier molecular flexibility index (Phi) is 9.72. The first-order chi connectivity index (χ1) is 17.4.